The molecule has 0 bridgehead atoms. The molecule has 152 valence electrons. The maximum absolute atomic E-state index is 12.6. The largest absolute Gasteiger partial charge is 0.419 e. The van der Waals surface area contributed by atoms with Gasteiger partial charge in [0.2, 0.25) is 27.5 Å². The van der Waals surface area contributed by atoms with Gasteiger partial charge in [-0.25, -0.2) is 8.42 Å². The summed E-state index contributed by atoms with van der Waals surface area (Å²) in [6, 6.07) is 8.36. The van der Waals surface area contributed by atoms with Gasteiger partial charge in [-0.15, -0.1) is 0 Å². The number of aromatic nitrogens is 1. The molecular weight excluding hydrogens is 378 g/mol. The van der Waals surface area contributed by atoms with E-state index in [0.29, 0.717) is 31.1 Å². The Bertz CT molecular complexity index is 910. The van der Waals surface area contributed by atoms with E-state index < -0.39 is 10.0 Å². The summed E-state index contributed by atoms with van der Waals surface area (Å²) in [6.45, 7) is 6.00. The Labute approximate surface area is 166 Å². The lowest BCUT2D eigenvalue weighted by atomic mass is 10.2. The van der Waals surface area contributed by atoms with Crippen LogP contribution in [-0.2, 0) is 10.0 Å². The van der Waals surface area contributed by atoms with Crippen LogP contribution in [0.1, 0.15) is 26.0 Å². The van der Waals surface area contributed by atoms with Gasteiger partial charge in [-0.05, 0) is 51.3 Å². The van der Waals surface area contributed by atoms with Gasteiger partial charge in [-0.2, -0.15) is 14.6 Å². The van der Waals surface area contributed by atoms with Crippen LogP contribution in [0.5, 0.6) is 0 Å². The molecule has 0 spiro atoms. The summed E-state index contributed by atoms with van der Waals surface area (Å²) in [5.41, 5.74) is 0.788. The third kappa shape index (κ3) is 5.10. The molecule has 0 aliphatic carbocycles. The molecule has 2 rings (SSSR count). The third-order valence-electron chi connectivity index (χ3n) is 4.25. The smallest absolute Gasteiger partial charge is 0.243 e. The van der Waals surface area contributed by atoms with Crippen LogP contribution in [0.2, 0.25) is 0 Å². The average molecular weight is 406 g/mol. The van der Waals surface area contributed by atoms with Gasteiger partial charge < -0.3 is 14.6 Å². The van der Waals surface area contributed by atoms with Crippen molar-refractivity contribution in [2.45, 2.75) is 25.2 Å². The molecule has 8 nitrogen and oxygen atoms in total. The number of benzene rings is 1. The second-order valence-corrected chi connectivity index (χ2v) is 8.44. The molecule has 0 radical (unpaired) electrons. The van der Waals surface area contributed by atoms with Crippen molar-refractivity contribution in [2.75, 3.05) is 45.6 Å². The monoisotopic (exact) mass is 405 g/mol. The van der Waals surface area contributed by atoms with Gasteiger partial charge in [-0.3, -0.25) is 0 Å². The summed E-state index contributed by atoms with van der Waals surface area (Å²) < 4.78 is 32.2. The molecule has 28 heavy (non-hydrogen) atoms. The van der Waals surface area contributed by atoms with Crippen molar-refractivity contribution in [3.05, 3.63) is 30.0 Å². The van der Waals surface area contributed by atoms with Crippen molar-refractivity contribution in [1.29, 1.82) is 5.26 Å². The summed E-state index contributed by atoms with van der Waals surface area (Å²) in [4.78, 5) is 6.50. The molecule has 0 aliphatic heterocycles. The van der Waals surface area contributed by atoms with E-state index in [2.05, 4.69) is 15.2 Å². The van der Waals surface area contributed by atoms with Gasteiger partial charge in [0.25, 0.3) is 0 Å². The van der Waals surface area contributed by atoms with Crippen molar-refractivity contribution in [3.63, 3.8) is 0 Å². The van der Waals surface area contributed by atoms with Crippen molar-refractivity contribution >= 4 is 15.9 Å². The minimum absolute atomic E-state index is 0.180. The zero-order valence-corrected chi connectivity index (χ0v) is 17.6. The lowest BCUT2D eigenvalue weighted by Crippen LogP contribution is -2.30. The highest BCUT2D eigenvalue weighted by Gasteiger charge is 2.22. The molecule has 1 aromatic carbocycles. The molecule has 0 unspecified atom stereocenters. The number of nitrogens with zero attached hydrogens (tertiary/aromatic N) is 4. The first-order chi connectivity index (χ1) is 13.3. The molecule has 0 amide bonds. The van der Waals surface area contributed by atoms with Gasteiger partial charge in [0.05, 0.1) is 4.90 Å². The normalized spacial score (nSPS) is 11.8. The van der Waals surface area contributed by atoms with Gasteiger partial charge in [0.1, 0.15) is 6.07 Å². The van der Waals surface area contributed by atoms with Crippen molar-refractivity contribution < 1.29 is 12.8 Å². The first-order valence-corrected chi connectivity index (χ1v) is 10.7. The molecule has 2 aromatic rings. The number of nitrogens with one attached hydrogen (secondary N) is 1. The maximum Gasteiger partial charge on any atom is 0.243 e. The van der Waals surface area contributed by atoms with Crippen LogP contribution >= 0.6 is 0 Å². The Morgan fingerprint density at radius 1 is 1.18 bits per heavy atom. The molecule has 0 saturated heterocycles. The topological polar surface area (TPSA) is 102 Å². The van der Waals surface area contributed by atoms with Gasteiger partial charge in [0.15, 0.2) is 0 Å². The quantitative estimate of drug-likeness (QED) is 0.606. The minimum Gasteiger partial charge on any atom is -0.419 e. The Morgan fingerprint density at radius 3 is 2.36 bits per heavy atom. The molecule has 0 aliphatic rings. The lowest BCUT2D eigenvalue weighted by Gasteiger charge is -2.18. The number of oxazole rings is 1. The second kappa shape index (κ2) is 9.68. The number of hydrogen-bond donors (Lipinski definition) is 1. The average Bonchev–Trinajstić information content (AvgIpc) is 3.09. The Kier molecular flexibility index (Phi) is 7.57. The molecular formula is C19H27N5O3S. The lowest BCUT2D eigenvalue weighted by molar-refractivity contribution is 0.404. The fraction of sp³-hybridized carbons (Fsp3) is 0.474. The van der Waals surface area contributed by atoms with E-state index in [1.165, 1.54) is 16.4 Å². The van der Waals surface area contributed by atoms with Crippen molar-refractivity contribution in [2.24, 2.45) is 0 Å². The third-order valence-corrected chi connectivity index (χ3v) is 6.31. The van der Waals surface area contributed by atoms with E-state index in [4.69, 9.17) is 4.42 Å². The summed E-state index contributed by atoms with van der Waals surface area (Å²) in [5, 5.41) is 12.4. The fourth-order valence-corrected chi connectivity index (χ4v) is 4.18. The highest BCUT2D eigenvalue weighted by atomic mass is 32.2. The SMILES string of the molecule is CCN(CC)S(=O)(=O)c1ccc(-c2nc(C#N)c(NCCCN(C)C)o2)cc1. The zero-order valence-electron chi connectivity index (χ0n) is 16.8. The van der Waals surface area contributed by atoms with E-state index >= 15 is 0 Å². The molecule has 0 atom stereocenters. The predicted octanol–water partition coefficient (Wildman–Crippen LogP) is 2.61. The van der Waals surface area contributed by atoms with Crippen LogP contribution < -0.4 is 5.32 Å². The van der Waals surface area contributed by atoms with Gasteiger partial charge >= 0.3 is 0 Å². The Morgan fingerprint density at radius 2 is 1.82 bits per heavy atom. The maximum atomic E-state index is 12.6. The molecule has 9 heteroatoms. The summed E-state index contributed by atoms with van der Waals surface area (Å²) in [6.07, 6.45) is 0.895. The number of sulfonamides is 1. The van der Waals surface area contributed by atoms with E-state index in [1.807, 2.05) is 20.2 Å². The number of rotatable bonds is 10. The van der Waals surface area contributed by atoms with Gasteiger partial charge in [-0.1, -0.05) is 13.8 Å². The van der Waals surface area contributed by atoms with Crippen LogP contribution in [0.3, 0.4) is 0 Å². The summed E-state index contributed by atoms with van der Waals surface area (Å²) in [7, 11) is 0.479. The first-order valence-electron chi connectivity index (χ1n) is 9.23. The second-order valence-electron chi connectivity index (χ2n) is 6.51. The predicted molar refractivity (Wildman–Crippen MR) is 108 cm³/mol. The van der Waals surface area contributed by atoms with Crippen molar-refractivity contribution in [1.82, 2.24) is 14.2 Å². The fourth-order valence-electron chi connectivity index (χ4n) is 2.72. The molecule has 1 heterocycles. The minimum atomic E-state index is -3.52. The zero-order chi connectivity index (χ0) is 20.7. The van der Waals surface area contributed by atoms with E-state index in [1.54, 1.807) is 26.0 Å². The van der Waals surface area contributed by atoms with Crippen LogP contribution in [0.15, 0.2) is 33.6 Å². The molecule has 0 saturated carbocycles. The van der Waals surface area contributed by atoms with E-state index in [0.717, 1.165) is 13.0 Å². The standard InChI is InChI=1S/C19H27N5O3S/c1-5-24(6-2)28(25,26)16-10-8-15(9-11-16)18-22-17(14-20)19(27-18)21-12-7-13-23(3)4/h8-11,21H,5-7,12-13H2,1-4H3. The molecule has 1 N–H and O–H groups in total. The Balaban J connectivity index is 2.19. The van der Waals surface area contributed by atoms with Gasteiger partial charge in [0, 0.05) is 25.2 Å². The number of hydrogen-bond acceptors (Lipinski definition) is 7. The number of nitriles is 1. The molecule has 1 aromatic heterocycles. The molecule has 0 fully saturated rings. The van der Waals surface area contributed by atoms with E-state index in [-0.39, 0.29) is 16.5 Å². The highest BCUT2D eigenvalue weighted by Crippen LogP contribution is 2.27. The van der Waals surface area contributed by atoms with Crippen molar-refractivity contribution in [3.8, 4) is 17.5 Å². The van der Waals surface area contributed by atoms with Crippen LogP contribution in [-0.4, -0.2) is 62.9 Å². The van der Waals surface area contributed by atoms with Crippen LogP contribution in [0.4, 0.5) is 5.88 Å². The van der Waals surface area contributed by atoms with Crippen LogP contribution in [0.25, 0.3) is 11.5 Å². The summed E-state index contributed by atoms with van der Waals surface area (Å²) >= 11 is 0. The summed E-state index contributed by atoms with van der Waals surface area (Å²) in [5.74, 6) is 0.606. The first kappa shape index (κ1) is 21.9. The Hall–Kier alpha value is -2.41. The van der Waals surface area contributed by atoms with Crippen LogP contribution in [0, 0.1) is 11.3 Å². The number of anilines is 1. The highest BCUT2D eigenvalue weighted by molar-refractivity contribution is 7.89. The van der Waals surface area contributed by atoms with E-state index in [9.17, 15) is 13.7 Å².